The van der Waals surface area contributed by atoms with E-state index in [9.17, 15) is 4.79 Å². The number of aromatic nitrogens is 2. The lowest BCUT2D eigenvalue weighted by Gasteiger charge is -2.10. The van der Waals surface area contributed by atoms with E-state index in [1.807, 2.05) is 48.5 Å². The fourth-order valence-corrected chi connectivity index (χ4v) is 3.40. The van der Waals surface area contributed by atoms with Gasteiger partial charge in [0, 0.05) is 17.3 Å². The van der Waals surface area contributed by atoms with Gasteiger partial charge >= 0.3 is 0 Å². The van der Waals surface area contributed by atoms with E-state index in [1.165, 1.54) is 0 Å². The highest BCUT2D eigenvalue weighted by Gasteiger charge is 2.19. The highest BCUT2D eigenvalue weighted by atomic mass is 35.5. The molecule has 2 aromatic carbocycles. The van der Waals surface area contributed by atoms with E-state index >= 15 is 0 Å². The van der Waals surface area contributed by atoms with E-state index in [4.69, 9.17) is 11.6 Å². The molecule has 0 saturated heterocycles. The summed E-state index contributed by atoms with van der Waals surface area (Å²) >= 11 is 6.14. The van der Waals surface area contributed by atoms with Crippen molar-refractivity contribution in [3.8, 4) is 0 Å². The molecule has 0 atom stereocenters. The summed E-state index contributed by atoms with van der Waals surface area (Å²) in [5.74, 6) is -0.181. The molecule has 26 heavy (non-hydrogen) atoms. The summed E-state index contributed by atoms with van der Waals surface area (Å²) in [6, 6.07) is 17.5. The second-order valence-corrected chi connectivity index (χ2v) is 6.65. The molecule has 5 heteroatoms. The maximum atomic E-state index is 13.1. The zero-order valence-corrected chi connectivity index (χ0v) is 15.1. The number of nitrogens with one attached hydrogen (secondary N) is 1. The maximum absolute atomic E-state index is 13.1. The highest BCUT2D eigenvalue weighted by molar-refractivity contribution is 6.30. The van der Waals surface area contributed by atoms with Crippen molar-refractivity contribution in [1.82, 2.24) is 9.38 Å². The van der Waals surface area contributed by atoms with Crippen LogP contribution >= 0.6 is 11.6 Å². The Bertz CT molecular complexity index is 1110. The molecular formula is C21H18ClN3O. The maximum Gasteiger partial charge on any atom is 0.274 e. The van der Waals surface area contributed by atoms with Crippen molar-refractivity contribution >= 4 is 39.6 Å². The van der Waals surface area contributed by atoms with Crippen molar-refractivity contribution in [1.29, 1.82) is 0 Å². The molecule has 4 rings (SSSR count). The van der Waals surface area contributed by atoms with Crippen molar-refractivity contribution in [3.05, 3.63) is 77.2 Å². The molecule has 4 nitrogen and oxygen atoms in total. The predicted octanol–water partition coefficient (Wildman–Crippen LogP) is 5.35. The predicted molar refractivity (Wildman–Crippen MR) is 106 cm³/mol. The van der Waals surface area contributed by atoms with Crippen LogP contribution in [-0.4, -0.2) is 15.3 Å². The molecule has 0 radical (unpaired) electrons. The Hall–Kier alpha value is -2.85. The quantitative estimate of drug-likeness (QED) is 0.531. The highest BCUT2D eigenvalue weighted by Crippen LogP contribution is 2.25. The fraction of sp³-hybridized carbons (Fsp3) is 0.143. The van der Waals surface area contributed by atoms with Crippen molar-refractivity contribution in [2.45, 2.75) is 19.8 Å². The van der Waals surface area contributed by atoms with Crippen LogP contribution in [-0.2, 0) is 6.42 Å². The largest absolute Gasteiger partial charge is 0.320 e. The van der Waals surface area contributed by atoms with Crippen molar-refractivity contribution in [2.75, 3.05) is 5.32 Å². The number of nitrogens with zero attached hydrogens (tertiary/aromatic N) is 2. The Kier molecular flexibility index (Phi) is 4.35. The van der Waals surface area contributed by atoms with Gasteiger partial charge < -0.3 is 5.32 Å². The second-order valence-electron chi connectivity index (χ2n) is 6.21. The van der Waals surface area contributed by atoms with E-state index in [-0.39, 0.29) is 5.91 Å². The minimum absolute atomic E-state index is 0.181. The Morgan fingerprint density at radius 1 is 1.12 bits per heavy atom. The van der Waals surface area contributed by atoms with E-state index in [2.05, 4.69) is 17.2 Å². The summed E-state index contributed by atoms with van der Waals surface area (Å²) in [6.45, 7) is 2.07. The molecule has 4 aromatic rings. The van der Waals surface area contributed by atoms with Crippen molar-refractivity contribution in [3.63, 3.8) is 0 Å². The average molecular weight is 364 g/mol. The monoisotopic (exact) mass is 363 g/mol. The van der Waals surface area contributed by atoms with Gasteiger partial charge in [-0.25, -0.2) is 4.98 Å². The van der Waals surface area contributed by atoms with Gasteiger partial charge in [0.2, 0.25) is 0 Å². The minimum Gasteiger partial charge on any atom is -0.320 e. The number of amides is 1. The van der Waals surface area contributed by atoms with Gasteiger partial charge in [0.25, 0.3) is 5.91 Å². The van der Waals surface area contributed by atoms with E-state index in [0.29, 0.717) is 10.7 Å². The Balaban J connectivity index is 1.80. The molecule has 2 aromatic heterocycles. The Morgan fingerprint density at radius 3 is 2.77 bits per heavy atom. The number of fused-ring (bicyclic) bond motifs is 2. The number of benzene rings is 2. The third kappa shape index (κ3) is 2.93. The first kappa shape index (κ1) is 16.6. The lowest BCUT2D eigenvalue weighted by atomic mass is 10.1. The lowest BCUT2D eigenvalue weighted by Crippen LogP contribution is -2.16. The molecule has 0 aliphatic heterocycles. The van der Waals surface area contributed by atoms with Gasteiger partial charge in [-0.3, -0.25) is 9.20 Å². The van der Waals surface area contributed by atoms with Crippen LogP contribution in [0.5, 0.6) is 0 Å². The Labute approximate surface area is 156 Å². The zero-order chi connectivity index (χ0) is 18.1. The standard InChI is InChI=1S/C21H18ClN3O/c1-2-6-18-20(25-13-15(22)11-12-19(25)23-18)21(26)24-17-10-5-8-14-7-3-4-9-16(14)17/h3-5,7-13H,2,6H2,1H3,(H,24,26). The second kappa shape index (κ2) is 6.81. The van der Waals surface area contributed by atoms with Crippen LogP contribution in [0.2, 0.25) is 5.02 Å². The number of aryl methyl sites for hydroxylation is 1. The third-order valence-corrected chi connectivity index (χ3v) is 4.62. The van der Waals surface area contributed by atoms with Crippen molar-refractivity contribution in [2.24, 2.45) is 0 Å². The number of imidazole rings is 1. The van der Waals surface area contributed by atoms with Crippen LogP contribution in [0.4, 0.5) is 5.69 Å². The van der Waals surface area contributed by atoms with Gasteiger partial charge in [-0.2, -0.15) is 0 Å². The smallest absolute Gasteiger partial charge is 0.274 e. The fourth-order valence-electron chi connectivity index (χ4n) is 3.23. The third-order valence-electron chi connectivity index (χ3n) is 4.39. The number of rotatable bonds is 4. The number of halogens is 1. The summed E-state index contributed by atoms with van der Waals surface area (Å²) in [4.78, 5) is 17.7. The zero-order valence-electron chi connectivity index (χ0n) is 14.4. The summed E-state index contributed by atoms with van der Waals surface area (Å²) in [5, 5.41) is 5.71. The normalized spacial score (nSPS) is 11.2. The SMILES string of the molecule is CCCc1nc2ccc(Cl)cn2c1C(=O)Nc1cccc2ccccc12. The molecule has 0 aliphatic carbocycles. The van der Waals surface area contributed by atoms with Crippen LogP contribution in [0.15, 0.2) is 60.8 Å². The van der Waals surface area contributed by atoms with Gasteiger partial charge in [0.1, 0.15) is 11.3 Å². The van der Waals surface area contributed by atoms with Gasteiger partial charge in [0.15, 0.2) is 0 Å². The first-order chi connectivity index (χ1) is 12.7. The molecule has 130 valence electrons. The van der Waals surface area contributed by atoms with E-state index < -0.39 is 0 Å². The van der Waals surface area contributed by atoms with Gasteiger partial charge in [-0.1, -0.05) is 61.3 Å². The summed E-state index contributed by atoms with van der Waals surface area (Å²) in [5.41, 5.74) is 2.83. The first-order valence-electron chi connectivity index (χ1n) is 8.63. The molecule has 1 amide bonds. The van der Waals surface area contributed by atoms with Crippen molar-refractivity contribution < 1.29 is 4.79 Å². The Morgan fingerprint density at radius 2 is 1.92 bits per heavy atom. The summed E-state index contributed by atoms with van der Waals surface area (Å²) in [6.07, 6.45) is 3.38. The molecule has 0 aliphatic rings. The molecule has 2 heterocycles. The van der Waals surface area contributed by atoms with E-state index in [1.54, 1.807) is 16.7 Å². The number of hydrogen-bond acceptors (Lipinski definition) is 2. The molecular weight excluding hydrogens is 346 g/mol. The number of carbonyl (C=O) groups excluding carboxylic acids is 1. The van der Waals surface area contributed by atoms with Crippen LogP contribution < -0.4 is 5.32 Å². The summed E-state index contributed by atoms with van der Waals surface area (Å²) in [7, 11) is 0. The van der Waals surface area contributed by atoms with Crippen LogP contribution in [0, 0.1) is 0 Å². The molecule has 0 fully saturated rings. The van der Waals surface area contributed by atoms with Gasteiger partial charge in [-0.05, 0) is 30.0 Å². The minimum atomic E-state index is -0.181. The molecule has 0 spiro atoms. The number of carbonyl (C=O) groups is 1. The molecule has 0 unspecified atom stereocenters. The van der Waals surface area contributed by atoms with Gasteiger partial charge in [0.05, 0.1) is 10.7 Å². The average Bonchev–Trinajstić information content (AvgIpc) is 2.99. The lowest BCUT2D eigenvalue weighted by molar-refractivity contribution is 0.102. The van der Waals surface area contributed by atoms with E-state index in [0.717, 1.165) is 40.6 Å². The van der Waals surface area contributed by atoms with Crippen LogP contribution in [0.25, 0.3) is 16.4 Å². The first-order valence-corrected chi connectivity index (χ1v) is 9.01. The summed E-state index contributed by atoms with van der Waals surface area (Å²) < 4.78 is 1.77. The number of anilines is 1. The van der Waals surface area contributed by atoms with Gasteiger partial charge in [-0.15, -0.1) is 0 Å². The number of pyridine rings is 1. The molecule has 1 N–H and O–H groups in total. The molecule has 0 bridgehead atoms. The van der Waals surface area contributed by atoms with Crippen LogP contribution in [0.3, 0.4) is 0 Å². The molecule has 0 saturated carbocycles. The topological polar surface area (TPSA) is 46.4 Å². The number of hydrogen-bond donors (Lipinski definition) is 1. The van der Waals surface area contributed by atoms with Crippen LogP contribution in [0.1, 0.15) is 29.5 Å².